The van der Waals surface area contributed by atoms with Gasteiger partial charge in [-0.05, 0) is 12.1 Å². The Kier molecular flexibility index (Phi) is 4.63. The average Bonchev–Trinajstić information content (AvgIpc) is 2.10. The zero-order chi connectivity index (χ0) is 8.69. The Bertz CT molecular complexity index is 212. The fourth-order valence-electron chi connectivity index (χ4n) is 0.489. The second-order valence-electron chi connectivity index (χ2n) is 1.52. The number of nitrogens with zero attached hydrogens (tertiary/aromatic N) is 1. The molecule has 1 rings (SSSR count). The maximum Gasteiger partial charge on any atom is 0.354 e. The van der Waals surface area contributed by atoms with Gasteiger partial charge in [0.2, 0.25) is 0 Å². The van der Waals surface area contributed by atoms with E-state index in [1.165, 1.54) is 12.3 Å². The molecular formula is C6H9N3O2. The molecule has 5 nitrogen and oxygen atoms in total. The van der Waals surface area contributed by atoms with Crippen LogP contribution in [-0.4, -0.2) is 16.1 Å². The highest BCUT2D eigenvalue weighted by Gasteiger charge is 1.98. The molecule has 0 bridgehead atoms. The van der Waals surface area contributed by atoms with Crippen molar-refractivity contribution in [1.29, 1.82) is 0 Å². The molecule has 0 aliphatic rings. The van der Waals surface area contributed by atoms with Gasteiger partial charge in [-0.3, -0.25) is 11.7 Å². The Morgan fingerprint density at radius 3 is 2.36 bits per heavy atom. The standard InChI is InChI=1S/C6H5NO2.H4N2/c8-6(9)5-3-1-2-4-7-5;1-2/h1-4H,(H,8,9);1-2H2. The van der Waals surface area contributed by atoms with Gasteiger partial charge in [0, 0.05) is 6.20 Å². The minimum absolute atomic E-state index is 0.0810. The number of carbonyl (C=O) groups is 1. The van der Waals surface area contributed by atoms with Crippen LogP contribution in [0.5, 0.6) is 0 Å². The molecule has 0 atom stereocenters. The van der Waals surface area contributed by atoms with Gasteiger partial charge in [-0.25, -0.2) is 9.78 Å². The molecule has 0 spiro atoms. The molecule has 0 aliphatic carbocycles. The zero-order valence-corrected chi connectivity index (χ0v) is 5.77. The van der Waals surface area contributed by atoms with Crippen LogP contribution in [0.3, 0.4) is 0 Å². The molecule has 0 radical (unpaired) electrons. The number of aromatic nitrogens is 1. The van der Waals surface area contributed by atoms with Gasteiger partial charge in [-0.2, -0.15) is 0 Å². The van der Waals surface area contributed by atoms with Crippen LogP contribution in [-0.2, 0) is 0 Å². The quantitative estimate of drug-likeness (QED) is 0.378. The van der Waals surface area contributed by atoms with Crippen molar-refractivity contribution in [2.75, 3.05) is 0 Å². The zero-order valence-electron chi connectivity index (χ0n) is 5.77. The molecule has 0 amide bonds. The number of pyridine rings is 1. The van der Waals surface area contributed by atoms with Crippen LogP contribution in [0.4, 0.5) is 0 Å². The van der Waals surface area contributed by atoms with Crippen LogP contribution in [0.2, 0.25) is 0 Å². The van der Waals surface area contributed by atoms with E-state index in [2.05, 4.69) is 16.7 Å². The van der Waals surface area contributed by atoms with Crippen molar-refractivity contribution in [2.24, 2.45) is 11.7 Å². The van der Waals surface area contributed by atoms with Crippen LogP contribution in [0.15, 0.2) is 24.4 Å². The van der Waals surface area contributed by atoms with Crippen molar-refractivity contribution >= 4 is 5.97 Å². The summed E-state index contributed by atoms with van der Waals surface area (Å²) in [7, 11) is 0. The minimum Gasteiger partial charge on any atom is -0.477 e. The molecule has 1 aromatic heterocycles. The number of hydrazine groups is 1. The number of carboxylic acids is 1. The molecule has 0 saturated heterocycles. The van der Waals surface area contributed by atoms with Crippen LogP contribution < -0.4 is 11.7 Å². The highest BCUT2D eigenvalue weighted by molar-refractivity contribution is 5.85. The molecule has 0 saturated carbocycles. The van der Waals surface area contributed by atoms with Crippen molar-refractivity contribution < 1.29 is 9.90 Å². The third-order valence-corrected chi connectivity index (χ3v) is 0.884. The first-order valence-electron chi connectivity index (χ1n) is 2.78. The van der Waals surface area contributed by atoms with Crippen LogP contribution >= 0.6 is 0 Å². The number of hydrogen-bond donors (Lipinski definition) is 3. The largest absolute Gasteiger partial charge is 0.477 e. The van der Waals surface area contributed by atoms with E-state index in [0.29, 0.717) is 0 Å². The van der Waals surface area contributed by atoms with Gasteiger partial charge in [0.05, 0.1) is 0 Å². The number of nitrogens with two attached hydrogens (primary N) is 2. The molecule has 0 unspecified atom stereocenters. The highest BCUT2D eigenvalue weighted by Crippen LogP contribution is 1.90. The van der Waals surface area contributed by atoms with E-state index < -0.39 is 5.97 Å². The summed E-state index contributed by atoms with van der Waals surface area (Å²) in [5, 5.41) is 8.32. The second-order valence-corrected chi connectivity index (χ2v) is 1.52. The second kappa shape index (κ2) is 5.33. The summed E-state index contributed by atoms with van der Waals surface area (Å²) in [5.74, 6) is 7.01. The van der Waals surface area contributed by atoms with Gasteiger partial charge in [0.25, 0.3) is 0 Å². The van der Waals surface area contributed by atoms with Crippen molar-refractivity contribution in [1.82, 2.24) is 4.98 Å². The summed E-state index contributed by atoms with van der Waals surface area (Å²) >= 11 is 0. The van der Waals surface area contributed by atoms with Crippen molar-refractivity contribution in [2.45, 2.75) is 0 Å². The molecule has 0 aliphatic heterocycles. The fraction of sp³-hybridized carbons (Fsp3) is 0. The molecule has 0 aromatic carbocycles. The number of hydrogen-bond acceptors (Lipinski definition) is 4. The van der Waals surface area contributed by atoms with Crippen molar-refractivity contribution in [3.63, 3.8) is 0 Å². The number of rotatable bonds is 1. The summed E-state index contributed by atoms with van der Waals surface area (Å²) in [5.41, 5.74) is 0.0810. The van der Waals surface area contributed by atoms with E-state index in [1.807, 2.05) is 0 Å². The normalized spacial score (nSPS) is 7.82. The number of carboxylic acid groups (broad SMARTS) is 1. The molecule has 11 heavy (non-hydrogen) atoms. The molecular weight excluding hydrogens is 146 g/mol. The fourth-order valence-corrected chi connectivity index (χ4v) is 0.489. The van der Waals surface area contributed by atoms with E-state index in [1.54, 1.807) is 12.1 Å². The number of aromatic carboxylic acids is 1. The van der Waals surface area contributed by atoms with Crippen LogP contribution in [0, 0.1) is 0 Å². The average molecular weight is 155 g/mol. The van der Waals surface area contributed by atoms with Gasteiger partial charge in [0.15, 0.2) is 0 Å². The topological polar surface area (TPSA) is 102 Å². The lowest BCUT2D eigenvalue weighted by molar-refractivity contribution is 0.0690. The van der Waals surface area contributed by atoms with Crippen LogP contribution in [0.1, 0.15) is 10.5 Å². The summed E-state index contributed by atoms with van der Waals surface area (Å²) in [6.07, 6.45) is 1.45. The third-order valence-electron chi connectivity index (χ3n) is 0.884. The summed E-state index contributed by atoms with van der Waals surface area (Å²) in [6.45, 7) is 0. The lowest BCUT2D eigenvalue weighted by atomic mass is 10.4. The van der Waals surface area contributed by atoms with Gasteiger partial charge >= 0.3 is 5.97 Å². The molecule has 5 heteroatoms. The van der Waals surface area contributed by atoms with Crippen molar-refractivity contribution in [3.8, 4) is 0 Å². The SMILES string of the molecule is NN.O=C(O)c1ccccn1. The third kappa shape index (κ3) is 3.29. The van der Waals surface area contributed by atoms with E-state index in [9.17, 15) is 4.79 Å². The molecule has 5 N–H and O–H groups in total. The lowest BCUT2D eigenvalue weighted by Gasteiger charge is -1.87. The van der Waals surface area contributed by atoms with Crippen LogP contribution in [0.25, 0.3) is 0 Å². The molecule has 1 heterocycles. The summed E-state index contributed by atoms with van der Waals surface area (Å²) in [6, 6.07) is 4.76. The minimum atomic E-state index is -0.990. The molecule has 60 valence electrons. The van der Waals surface area contributed by atoms with Gasteiger partial charge in [-0.1, -0.05) is 6.07 Å². The van der Waals surface area contributed by atoms with Gasteiger partial charge < -0.3 is 5.11 Å². The van der Waals surface area contributed by atoms with Gasteiger partial charge in [-0.15, -0.1) is 0 Å². The maximum atomic E-state index is 10.1. The maximum absolute atomic E-state index is 10.1. The lowest BCUT2D eigenvalue weighted by Crippen LogP contribution is -2.02. The predicted molar refractivity (Wildman–Crippen MR) is 39.6 cm³/mol. The smallest absolute Gasteiger partial charge is 0.354 e. The van der Waals surface area contributed by atoms with E-state index in [0.717, 1.165) is 0 Å². The van der Waals surface area contributed by atoms with E-state index >= 15 is 0 Å². The first kappa shape index (κ1) is 9.54. The Labute approximate surface area is 63.6 Å². The van der Waals surface area contributed by atoms with Crippen molar-refractivity contribution in [3.05, 3.63) is 30.1 Å². The highest BCUT2D eigenvalue weighted by atomic mass is 16.4. The summed E-state index contributed by atoms with van der Waals surface area (Å²) in [4.78, 5) is 13.7. The monoisotopic (exact) mass is 155 g/mol. The van der Waals surface area contributed by atoms with Gasteiger partial charge in [0.1, 0.15) is 5.69 Å². The summed E-state index contributed by atoms with van der Waals surface area (Å²) < 4.78 is 0. The Balaban J connectivity index is 0.000000461. The molecule has 0 fully saturated rings. The first-order chi connectivity index (χ1) is 5.30. The Hall–Kier alpha value is -1.46. The van der Waals surface area contributed by atoms with E-state index in [-0.39, 0.29) is 5.69 Å². The Morgan fingerprint density at radius 1 is 1.45 bits per heavy atom. The first-order valence-corrected chi connectivity index (χ1v) is 2.78. The molecule has 1 aromatic rings. The Morgan fingerprint density at radius 2 is 2.09 bits per heavy atom. The van der Waals surface area contributed by atoms with E-state index in [4.69, 9.17) is 5.11 Å². The predicted octanol–water partition coefficient (Wildman–Crippen LogP) is -0.401.